The fraction of sp³-hybridized carbons (Fsp3) is 0.818. The normalized spacial score (nSPS) is 11.3. The van der Waals surface area contributed by atoms with Crippen LogP contribution in [0.2, 0.25) is 0 Å². The van der Waals surface area contributed by atoms with Crippen LogP contribution in [0.3, 0.4) is 0 Å². The number of hydrogen-bond donors (Lipinski definition) is 0. The van der Waals surface area contributed by atoms with E-state index < -0.39 is 6.67 Å². The maximum Gasteiger partial charge on any atom is 0.182 e. The molecule has 0 saturated carbocycles. The molecule has 0 aromatic carbocycles. The van der Waals surface area contributed by atoms with E-state index in [1.807, 2.05) is 32.7 Å². The third-order valence-electron chi connectivity index (χ3n) is 1.64. The highest BCUT2D eigenvalue weighted by Crippen LogP contribution is 2.13. The molecule has 0 aromatic heterocycles. The van der Waals surface area contributed by atoms with Crippen LogP contribution in [0.25, 0.3) is 0 Å². The lowest BCUT2D eigenvalue weighted by molar-refractivity contribution is 0.00165. The van der Waals surface area contributed by atoms with Gasteiger partial charge < -0.3 is 14.4 Å². The number of alkyl halides is 1. The highest BCUT2D eigenvalue weighted by molar-refractivity contribution is 4.84. The third kappa shape index (κ3) is 8.24. The highest BCUT2D eigenvalue weighted by atomic mass is 19.1. The number of ether oxygens (including phenoxy) is 2. The smallest absolute Gasteiger partial charge is 0.182 e. The van der Waals surface area contributed by atoms with E-state index in [1.165, 1.54) is 0 Å². The van der Waals surface area contributed by atoms with E-state index in [1.54, 1.807) is 0 Å². The molecule has 0 fully saturated rings. The second kappa shape index (κ2) is 6.67. The monoisotopic (exact) mass is 219 g/mol. The van der Waals surface area contributed by atoms with Gasteiger partial charge in [0.2, 0.25) is 0 Å². The zero-order valence-corrected chi connectivity index (χ0v) is 10.2. The van der Waals surface area contributed by atoms with Gasteiger partial charge in [0.15, 0.2) is 5.88 Å². The van der Waals surface area contributed by atoms with Gasteiger partial charge in [-0.25, -0.2) is 4.39 Å². The molecule has 3 nitrogen and oxygen atoms in total. The largest absolute Gasteiger partial charge is 0.474 e. The summed E-state index contributed by atoms with van der Waals surface area (Å²) in [6, 6.07) is 0. The lowest BCUT2D eigenvalue weighted by Gasteiger charge is -2.28. The van der Waals surface area contributed by atoms with Crippen LogP contribution in [0.15, 0.2) is 12.5 Å². The quantitative estimate of drug-likeness (QED) is 0.484. The van der Waals surface area contributed by atoms with Gasteiger partial charge in [0.25, 0.3) is 0 Å². The first kappa shape index (κ1) is 14.2. The van der Waals surface area contributed by atoms with Crippen LogP contribution in [-0.2, 0) is 9.47 Å². The summed E-state index contributed by atoms with van der Waals surface area (Å²) in [6.45, 7) is 10.5. The molecule has 0 bridgehead atoms. The van der Waals surface area contributed by atoms with Crippen molar-refractivity contribution in [1.29, 1.82) is 0 Å². The lowest BCUT2D eigenvalue weighted by Crippen LogP contribution is -2.29. The summed E-state index contributed by atoms with van der Waals surface area (Å²) in [5.74, 6) is 0.603. The van der Waals surface area contributed by atoms with Crippen molar-refractivity contribution in [3.8, 4) is 0 Å². The van der Waals surface area contributed by atoms with Crippen molar-refractivity contribution in [3.05, 3.63) is 12.5 Å². The van der Waals surface area contributed by atoms with Crippen LogP contribution in [-0.4, -0.2) is 44.0 Å². The average Bonchev–Trinajstić information content (AvgIpc) is 2.09. The molecule has 0 saturated heterocycles. The number of likely N-dealkylation sites (N-methyl/N-ethyl adjacent to an activating group) is 1. The molecule has 0 heterocycles. The summed E-state index contributed by atoms with van der Waals surface area (Å²) in [5.41, 5.74) is -0.245. The predicted octanol–water partition coefficient (Wildman–Crippen LogP) is 2.19. The van der Waals surface area contributed by atoms with Crippen molar-refractivity contribution in [2.75, 3.05) is 33.5 Å². The molecule has 0 aromatic rings. The number of nitrogens with zero attached hydrogens (tertiary/aromatic N) is 1. The Labute approximate surface area is 91.9 Å². The van der Waals surface area contributed by atoms with Crippen LogP contribution >= 0.6 is 0 Å². The Hall–Kier alpha value is -0.770. The third-order valence-corrected chi connectivity index (χ3v) is 1.64. The van der Waals surface area contributed by atoms with Crippen LogP contribution < -0.4 is 0 Å². The zero-order chi connectivity index (χ0) is 11.9. The molecule has 0 rings (SSSR count). The van der Waals surface area contributed by atoms with Gasteiger partial charge in [0, 0.05) is 13.6 Å². The molecular formula is C11H22FNO2. The average molecular weight is 219 g/mol. The van der Waals surface area contributed by atoms with E-state index in [9.17, 15) is 4.39 Å². The van der Waals surface area contributed by atoms with Crippen molar-refractivity contribution < 1.29 is 13.9 Å². The molecule has 0 N–H and O–H groups in total. The first-order chi connectivity index (χ1) is 6.87. The molecule has 0 aliphatic carbocycles. The Kier molecular flexibility index (Phi) is 6.32. The van der Waals surface area contributed by atoms with Crippen LogP contribution in [0.4, 0.5) is 4.39 Å². The van der Waals surface area contributed by atoms with Gasteiger partial charge in [-0.1, -0.05) is 0 Å². The molecule has 90 valence electrons. The Bertz CT molecular complexity index is 190. The van der Waals surface area contributed by atoms with Crippen LogP contribution in [0, 0.1) is 0 Å². The Morgan fingerprint density at radius 2 is 1.93 bits per heavy atom. The maximum atomic E-state index is 11.7. The first-order valence-corrected chi connectivity index (χ1v) is 5.09. The van der Waals surface area contributed by atoms with Gasteiger partial charge in [0.1, 0.15) is 12.3 Å². The Morgan fingerprint density at radius 3 is 2.40 bits per heavy atom. The molecule has 15 heavy (non-hydrogen) atoms. The molecule has 0 radical (unpaired) electrons. The summed E-state index contributed by atoms with van der Waals surface area (Å²) in [6.07, 6.45) is 0. The molecule has 0 aliphatic rings. The summed E-state index contributed by atoms with van der Waals surface area (Å²) < 4.78 is 22.3. The number of rotatable bonds is 7. The number of halogens is 1. The molecule has 0 spiro atoms. The second-order valence-corrected chi connectivity index (χ2v) is 4.33. The van der Waals surface area contributed by atoms with Crippen molar-refractivity contribution in [3.63, 3.8) is 0 Å². The first-order valence-electron chi connectivity index (χ1n) is 5.09. The van der Waals surface area contributed by atoms with Crippen molar-refractivity contribution >= 4 is 0 Å². The van der Waals surface area contributed by atoms with E-state index >= 15 is 0 Å². The summed E-state index contributed by atoms with van der Waals surface area (Å²) in [7, 11) is 1.87. The molecular weight excluding hydrogens is 197 g/mol. The topological polar surface area (TPSA) is 21.7 Å². The predicted molar refractivity (Wildman–Crippen MR) is 59.4 cm³/mol. The standard InChI is InChI=1S/C11H22FNO2/c1-10(15-11(2,3)4)13(5)7-9-14-8-6-12/h1,6-9H2,2-5H3. The van der Waals surface area contributed by atoms with E-state index in [2.05, 4.69) is 6.58 Å². The Morgan fingerprint density at radius 1 is 1.33 bits per heavy atom. The van der Waals surface area contributed by atoms with Gasteiger partial charge in [-0.15, -0.1) is 0 Å². The molecule has 0 unspecified atom stereocenters. The fourth-order valence-electron chi connectivity index (χ4n) is 0.914. The molecule has 0 atom stereocenters. The second-order valence-electron chi connectivity index (χ2n) is 4.33. The number of hydrogen-bond acceptors (Lipinski definition) is 3. The minimum atomic E-state index is -0.441. The minimum Gasteiger partial charge on any atom is -0.474 e. The summed E-state index contributed by atoms with van der Waals surface area (Å²) >= 11 is 0. The van der Waals surface area contributed by atoms with E-state index in [0.717, 1.165) is 0 Å². The lowest BCUT2D eigenvalue weighted by atomic mass is 10.2. The van der Waals surface area contributed by atoms with Crippen molar-refractivity contribution in [1.82, 2.24) is 4.90 Å². The molecule has 0 amide bonds. The Balaban J connectivity index is 3.70. The zero-order valence-electron chi connectivity index (χ0n) is 10.2. The van der Waals surface area contributed by atoms with Gasteiger partial charge >= 0.3 is 0 Å². The SMILES string of the molecule is C=C(OC(C)(C)C)N(C)CCOCCF. The maximum absolute atomic E-state index is 11.7. The minimum absolute atomic E-state index is 0.153. The van der Waals surface area contributed by atoms with Gasteiger partial charge in [-0.3, -0.25) is 0 Å². The fourth-order valence-corrected chi connectivity index (χ4v) is 0.914. The van der Waals surface area contributed by atoms with E-state index in [-0.39, 0.29) is 12.2 Å². The van der Waals surface area contributed by atoms with Gasteiger partial charge in [-0.05, 0) is 27.4 Å². The van der Waals surface area contributed by atoms with Gasteiger partial charge in [0.05, 0.1) is 13.2 Å². The van der Waals surface area contributed by atoms with Crippen LogP contribution in [0.5, 0.6) is 0 Å². The van der Waals surface area contributed by atoms with Crippen molar-refractivity contribution in [2.24, 2.45) is 0 Å². The van der Waals surface area contributed by atoms with Crippen molar-refractivity contribution in [2.45, 2.75) is 26.4 Å². The molecule has 0 aliphatic heterocycles. The van der Waals surface area contributed by atoms with E-state index in [4.69, 9.17) is 9.47 Å². The van der Waals surface area contributed by atoms with Gasteiger partial charge in [-0.2, -0.15) is 0 Å². The summed E-state index contributed by atoms with van der Waals surface area (Å²) in [5, 5.41) is 0. The summed E-state index contributed by atoms with van der Waals surface area (Å²) in [4.78, 5) is 1.85. The highest BCUT2D eigenvalue weighted by Gasteiger charge is 2.14. The van der Waals surface area contributed by atoms with E-state index in [0.29, 0.717) is 19.0 Å². The van der Waals surface area contributed by atoms with Crippen LogP contribution in [0.1, 0.15) is 20.8 Å². The molecule has 4 heteroatoms.